The fourth-order valence-electron chi connectivity index (χ4n) is 3.67. The second kappa shape index (κ2) is 14.3. The number of carbonyl (C=O) groups is 2. The molecule has 3 N–H and O–H groups in total. The number of hydrogen-bond donors (Lipinski definition) is 3. The molecule has 1 atom stereocenters. The zero-order valence-corrected chi connectivity index (χ0v) is 21.1. The number of urea groups is 1. The fourth-order valence-corrected chi connectivity index (χ4v) is 4.31. The smallest absolute Gasteiger partial charge is 0.319 e. The van der Waals surface area contributed by atoms with Gasteiger partial charge in [-0.15, -0.1) is 11.3 Å². The average Bonchev–Trinajstić information content (AvgIpc) is 3.37. The van der Waals surface area contributed by atoms with Crippen LogP contribution in [0, 0.1) is 0 Å². The van der Waals surface area contributed by atoms with Crippen molar-refractivity contribution in [3.63, 3.8) is 0 Å². The molecule has 0 saturated carbocycles. The lowest BCUT2D eigenvalue weighted by Crippen LogP contribution is -2.46. The Bertz CT molecular complexity index is 1040. The third-order valence-corrected chi connectivity index (χ3v) is 6.28. The Morgan fingerprint density at radius 1 is 1.06 bits per heavy atom. The Morgan fingerprint density at radius 3 is 2.63 bits per heavy atom. The maximum absolute atomic E-state index is 12.9. The van der Waals surface area contributed by atoms with Crippen LogP contribution < -0.4 is 16.0 Å². The predicted octanol–water partition coefficient (Wildman–Crippen LogP) is 4.38. The molecule has 1 aromatic heterocycles. The first-order chi connectivity index (χ1) is 17.0. The molecule has 0 aliphatic rings. The highest BCUT2D eigenvalue weighted by Gasteiger charge is 2.16. The van der Waals surface area contributed by atoms with Crippen LogP contribution in [0.25, 0.3) is 0 Å². The van der Waals surface area contributed by atoms with Crippen molar-refractivity contribution in [2.24, 2.45) is 0 Å². The van der Waals surface area contributed by atoms with Gasteiger partial charge in [-0.3, -0.25) is 4.79 Å². The number of likely N-dealkylation sites (N-methyl/N-ethyl adjacent to an activating group) is 1. The number of hydrogen-bond acceptors (Lipinski definition) is 5. The summed E-state index contributed by atoms with van der Waals surface area (Å²) >= 11 is 1.60. The molecule has 186 valence electrons. The third kappa shape index (κ3) is 9.52. The molecule has 0 saturated heterocycles. The van der Waals surface area contributed by atoms with E-state index in [9.17, 15) is 9.59 Å². The first-order valence-electron chi connectivity index (χ1n) is 11.8. The van der Waals surface area contributed by atoms with E-state index < -0.39 is 0 Å². The van der Waals surface area contributed by atoms with Crippen molar-refractivity contribution < 1.29 is 14.3 Å². The molecule has 3 aromatic rings. The highest BCUT2D eigenvalue weighted by molar-refractivity contribution is 7.09. The van der Waals surface area contributed by atoms with Gasteiger partial charge in [0.05, 0.1) is 13.2 Å². The molecule has 0 aliphatic carbocycles. The number of benzene rings is 2. The predicted molar refractivity (Wildman–Crippen MR) is 142 cm³/mol. The van der Waals surface area contributed by atoms with Crippen molar-refractivity contribution in [2.75, 3.05) is 38.7 Å². The molecular weight excluding hydrogens is 460 g/mol. The van der Waals surface area contributed by atoms with Gasteiger partial charge in [0.1, 0.15) is 0 Å². The molecule has 0 spiro atoms. The molecule has 0 fully saturated rings. The van der Waals surface area contributed by atoms with E-state index in [4.69, 9.17) is 4.74 Å². The lowest BCUT2D eigenvalue weighted by Gasteiger charge is -2.25. The summed E-state index contributed by atoms with van der Waals surface area (Å²) in [5.41, 5.74) is 2.21. The second-order valence-corrected chi connectivity index (χ2v) is 9.32. The van der Waals surface area contributed by atoms with E-state index in [-0.39, 0.29) is 18.0 Å². The minimum Gasteiger partial charge on any atom is -0.380 e. The van der Waals surface area contributed by atoms with Gasteiger partial charge in [-0.05, 0) is 55.6 Å². The number of ether oxygens (including phenoxy) is 1. The molecule has 3 rings (SSSR count). The van der Waals surface area contributed by atoms with Gasteiger partial charge in [0, 0.05) is 41.9 Å². The molecule has 0 aliphatic heterocycles. The molecule has 1 heterocycles. The Kier molecular flexibility index (Phi) is 10.8. The molecule has 35 heavy (non-hydrogen) atoms. The van der Waals surface area contributed by atoms with E-state index in [0.717, 1.165) is 17.0 Å². The van der Waals surface area contributed by atoms with Crippen LogP contribution in [-0.4, -0.2) is 56.2 Å². The first kappa shape index (κ1) is 26.4. The number of anilines is 1. The summed E-state index contributed by atoms with van der Waals surface area (Å²) < 4.78 is 5.46. The van der Waals surface area contributed by atoms with Crippen molar-refractivity contribution in [1.29, 1.82) is 0 Å². The third-order valence-electron chi connectivity index (χ3n) is 5.40. The summed E-state index contributed by atoms with van der Waals surface area (Å²) in [5.74, 6) is -0.180. The standard InChI is InChI=1S/C27H34N4O3S/c1-3-34-15-14-31(2)20-24(17-21-9-5-4-6-10-21)30-27(33)29-23-12-7-11-22(18-23)26(32)28-19-25-13-8-16-35-25/h4-13,16,18,24H,3,14-15,17,19-20H2,1-2H3,(H,28,32)(H2,29,30,33). The number of rotatable bonds is 13. The molecule has 7 nitrogen and oxygen atoms in total. The Balaban J connectivity index is 1.58. The van der Waals surface area contributed by atoms with Crippen LogP contribution in [0.2, 0.25) is 0 Å². The van der Waals surface area contributed by atoms with Gasteiger partial charge in [0.25, 0.3) is 5.91 Å². The van der Waals surface area contributed by atoms with Gasteiger partial charge in [0.2, 0.25) is 0 Å². The number of carbonyl (C=O) groups excluding carboxylic acids is 2. The molecular formula is C27H34N4O3S. The SMILES string of the molecule is CCOCCN(C)CC(Cc1ccccc1)NC(=O)Nc1cccc(C(=O)NCc2cccs2)c1. The van der Waals surface area contributed by atoms with Crippen LogP contribution in [0.4, 0.5) is 10.5 Å². The quantitative estimate of drug-likeness (QED) is 0.308. The highest BCUT2D eigenvalue weighted by atomic mass is 32.1. The maximum atomic E-state index is 12.9. The van der Waals surface area contributed by atoms with Gasteiger partial charge in [-0.1, -0.05) is 42.5 Å². The van der Waals surface area contributed by atoms with E-state index >= 15 is 0 Å². The van der Waals surface area contributed by atoms with E-state index in [1.165, 1.54) is 0 Å². The monoisotopic (exact) mass is 494 g/mol. The van der Waals surface area contributed by atoms with Gasteiger partial charge >= 0.3 is 6.03 Å². The van der Waals surface area contributed by atoms with Crippen LogP contribution >= 0.6 is 11.3 Å². The number of nitrogens with zero attached hydrogens (tertiary/aromatic N) is 1. The Labute approximate surface area is 211 Å². The van der Waals surface area contributed by atoms with Crippen LogP contribution in [0.3, 0.4) is 0 Å². The topological polar surface area (TPSA) is 82.7 Å². The van der Waals surface area contributed by atoms with Gasteiger partial charge in [-0.25, -0.2) is 4.79 Å². The minimum atomic E-state index is -0.305. The summed E-state index contributed by atoms with van der Waals surface area (Å²) in [6, 6.07) is 20.6. The number of thiophene rings is 1. The average molecular weight is 495 g/mol. The number of nitrogens with one attached hydrogen (secondary N) is 3. The van der Waals surface area contributed by atoms with Crippen LogP contribution in [0.15, 0.2) is 72.1 Å². The molecule has 0 bridgehead atoms. The first-order valence-corrected chi connectivity index (χ1v) is 12.7. The van der Waals surface area contributed by atoms with Gasteiger partial charge < -0.3 is 25.6 Å². The second-order valence-electron chi connectivity index (χ2n) is 8.29. The molecule has 2 aromatic carbocycles. The van der Waals surface area contributed by atoms with E-state index in [2.05, 4.69) is 33.0 Å². The highest BCUT2D eigenvalue weighted by Crippen LogP contribution is 2.13. The van der Waals surface area contributed by atoms with Crippen LogP contribution in [-0.2, 0) is 17.7 Å². The van der Waals surface area contributed by atoms with Crippen LogP contribution in [0.5, 0.6) is 0 Å². The molecule has 1 unspecified atom stereocenters. The maximum Gasteiger partial charge on any atom is 0.319 e. The van der Waals surface area contributed by atoms with E-state index in [0.29, 0.717) is 44.0 Å². The summed E-state index contributed by atoms with van der Waals surface area (Å²) in [6.45, 7) is 5.26. The van der Waals surface area contributed by atoms with Gasteiger partial charge in [0.15, 0.2) is 0 Å². The van der Waals surface area contributed by atoms with Crippen LogP contribution in [0.1, 0.15) is 27.7 Å². The van der Waals surface area contributed by atoms with Crippen molar-refractivity contribution in [2.45, 2.75) is 25.9 Å². The lowest BCUT2D eigenvalue weighted by molar-refractivity contribution is 0.0951. The van der Waals surface area contributed by atoms with Crippen molar-refractivity contribution in [1.82, 2.24) is 15.5 Å². The van der Waals surface area contributed by atoms with E-state index in [1.807, 2.05) is 49.7 Å². The number of amides is 3. The lowest BCUT2D eigenvalue weighted by atomic mass is 10.1. The summed E-state index contributed by atoms with van der Waals surface area (Å²) in [7, 11) is 2.02. The summed E-state index contributed by atoms with van der Waals surface area (Å²) in [6.07, 6.45) is 0.707. The van der Waals surface area contributed by atoms with Crippen molar-refractivity contribution in [3.05, 3.63) is 88.1 Å². The molecule has 0 radical (unpaired) electrons. The molecule has 8 heteroatoms. The molecule has 3 amide bonds. The fraction of sp³-hybridized carbons (Fsp3) is 0.333. The largest absolute Gasteiger partial charge is 0.380 e. The zero-order chi connectivity index (χ0) is 24.9. The van der Waals surface area contributed by atoms with E-state index in [1.54, 1.807) is 35.6 Å². The zero-order valence-electron chi connectivity index (χ0n) is 20.3. The minimum absolute atomic E-state index is 0.0960. The summed E-state index contributed by atoms with van der Waals surface area (Å²) in [5, 5.41) is 10.9. The van der Waals surface area contributed by atoms with Gasteiger partial charge in [-0.2, -0.15) is 0 Å². The summed E-state index contributed by atoms with van der Waals surface area (Å²) in [4.78, 5) is 28.6. The Hall–Kier alpha value is -3.20. The normalized spacial score (nSPS) is 11.7. The van der Waals surface area contributed by atoms with Crippen molar-refractivity contribution in [3.8, 4) is 0 Å². The Morgan fingerprint density at radius 2 is 1.89 bits per heavy atom. The van der Waals surface area contributed by atoms with Crippen molar-refractivity contribution >= 4 is 29.0 Å².